The number of aromatic nitrogens is 4. The van der Waals surface area contributed by atoms with Crippen LogP contribution < -0.4 is 0 Å². The van der Waals surface area contributed by atoms with E-state index in [2.05, 4.69) is 19.9 Å². The van der Waals surface area contributed by atoms with E-state index in [0.29, 0.717) is 16.4 Å². The summed E-state index contributed by atoms with van der Waals surface area (Å²) < 4.78 is 0. The summed E-state index contributed by atoms with van der Waals surface area (Å²) >= 11 is 13.9. The molecule has 0 radical (unpaired) electrons. The number of hydrogen-bond donors (Lipinski definition) is 1. The first-order valence-electron chi connectivity index (χ1n) is 6.89. The molecular formula is C16H12Cl2N4OS. The van der Waals surface area contributed by atoms with Crippen molar-refractivity contribution in [1.29, 1.82) is 0 Å². The topological polar surface area (TPSA) is 71.8 Å². The molecule has 0 fully saturated rings. The maximum Gasteiger partial charge on any atom is 0.187 e. The lowest BCUT2D eigenvalue weighted by atomic mass is 9.84. The quantitative estimate of drug-likeness (QED) is 0.425. The molecule has 0 amide bonds. The second kappa shape index (κ2) is 7.03. The van der Waals surface area contributed by atoms with Gasteiger partial charge in [-0.25, -0.2) is 19.9 Å². The maximum atomic E-state index is 11.7. The highest BCUT2D eigenvalue weighted by Crippen LogP contribution is 2.41. The molecule has 1 atom stereocenters. The Morgan fingerprint density at radius 1 is 1.00 bits per heavy atom. The van der Waals surface area contributed by atoms with Crippen molar-refractivity contribution in [2.24, 2.45) is 0 Å². The molecular weight excluding hydrogens is 367 g/mol. The molecule has 0 saturated heterocycles. The van der Waals surface area contributed by atoms with Crippen LogP contribution in [-0.4, -0.2) is 31.3 Å². The van der Waals surface area contributed by atoms with Gasteiger partial charge in [0.2, 0.25) is 0 Å². The van der Waals surface area contributed by atoms with Gasteiger partial charge in [0.05, 0.1) is 11.3 Å². The molecule has 8 heteroatoms. The molecule has 0 aliphatic carbocycles. The number of aliphatic hydroxyl groups is 1. The lowest BCUT2D eigenvalue weighted by Crippen LogP contribution is -2.31. The molecule has 3 rings (SSSR count). The number of thioether (sulfide) groups is 1. The van der Waals surface area contributed by atoms with Crippen LogP contribution in [0.3, 0.4) is 0 Å². The van der Waals surface area contributed by atoms with Crippen molar-refractivity contribution in [2.75, 3.05) is 6.26 Å². The minimum absolute atomic E-state index is 0.0608. The summed E-state index contributed by atoms with van der Waals surface area (Å²) in [4.78, 5) is 16.5. The van der Waals surface area contributed by atoms with Gasteiger partial charge in [0.15, 0.2) is 10.8 Å². The fraction of sp³-hybridized carbons (Fsp3) is 0.125. The summed E-state index contributed by atoms with van der Waals surface area (Å²) in [6, 6.07) is 10.6. The standard InChI is InChI=1S/C16H12Cl2N4OS/c1-24-15-19-8-7-11(22-15)16(23,10-5-3-2-4-6-10)12-13(17)20-9-21-14(12)18/h2-9,23H,1H3. The van der Waals surface area contributed by atoms with Gasteiger partial charge < -0.3 is 5.11 Å². The van der Waals surface area contributed by atoms with Gasteiger partial charge in [0, 0.05) is 6.20 Å². The van der Waals surface area contributed by atoms with Crippen LogP contribution in [0.2, 0.25) is 10.3 Å². The fourth-order valence-corrected chi connectivity index (χ4v) is 3.33. The highest BCUT2D eigenvalue weighted by Gasteiger charge is 2.40. The molecule has 0 saturated carbocycles. The predicted molar refractivity (Wildman–Crippen MR) is 94.4 cm³/mol. The lowest BCUT2D eigenvalue weighted by Gasteiger charge is -2.29. The van der Waals surface area contributed by atoms with Gasteiger partial charge in [-0.1, -0.05) is 65.3 Å². The van der Waals surface area contributed by atoms with E-state index in [0.717, 1.165) is 0 Å². The highest BCUT2D eigenvalue weighted by molar-refractivity contribution is 7.98. The number of nitrogens with zero attached hydrogens (tertiary/aromatic N) is 4. The van der Waals surface area contributed by atoms with E-state index in [4.69, 9.17) is 23.2 Å². The minimum Gasteiger partial charge on any atom is -0.374 e. The van der Waals surface area contributed by atoms with Gasteiger partial charge in [-0.05, 0) is 17.9 Å². The Kier molecular flexibility index (Phi) is 5.01. The Morgan fingerprint density at radius 2 is 1.67 bits per heavy atom. The van der Waals surface area contributed by atoms with Crippen LogP contribution in [0.15, 0.2) is 54.1 Å². The van der Waals surface area contributed by atoms with E-state index in [1.54, 1.807) is 24.4 Å². The molecule has 2 aromatic heterocycles. The van der Waals surface area contributed by atoms with Gasteiger partial charge >= 0.3 is 0 Å². The number of benzene rings is 1. The van der Waals surface area contributed by atoms with Crippen LogP contribution in [0.5, 0.6) is 0 Å². The van der Waals surface area contributed by atoms with Crippen molar-refractivity contribution in [3.63, 3.8) is 0 Å². The molecule has 0 aliphatic rings. The third-order valence-electron chi connectivity index (χ3n) is 3.49. The van der Waals surface area contributed by atoms with Crippen LogP contribution in [0.4, 0.5) is 0 Å². The third kappa shape index (κ3) is 2.98. The monoisotopic (exact) mass is 378 g/mol. The van der Waals surface area contributed by atoms with Crippen molar-refractivity contribution < 1.29 is 5.11 Å². The first-order valence-corrected chi connectivity index (χ1v) is 8.87. The Labute approximate surface area is 153 Å². The maximum absolute atomic E-state index is 11.7. The third-order valence-corrected chi connectivity index (χ3v) is 4.63. The van der Waals surface area contributed by atoms with Crippen molar-refractivity contribution in [3.8, 4) is 0 Å². The average Bonchev–Trinajstić information content (AvgIpc) is 2.62. The minimum atomic E-state index is -1.70. The summed E-state index contributed by atoms with van der Waals surface area (Å²) in [5.74, 6) is 0. The van der Waals surface area contributed by atoms with Gasteiger partial charge in [-0.3, -0.25) is 0 Å². The summed E-state index contributed by atoms with van der Waals surface area (Å²) in [6.07, 6.45) is 4.67. The van der Waals surface area contributed by atoms with Crippen molar-refractivity contribution in [1.82, 2.24) is 19.9 Å². The summed E-state index contributed by atoms with van der Waals surface area (Å²) in [5, 5.41) is 12.3. The molecule has 3 aromatic rings. The molecule has 122 valence electrons. The Hall–Kier alpha value is -1.73. The molecule has 0 bridgehead atoms. The van der Waals surface area contributed by atoms with Gasteiger partial charge in [-0.2, -0.15) is 0 Å². The second-order valence-electron chi connectivity index (χ2n) is 4.84. The molecule has 2 heterocycles. The molecule has 1 unspecified atom stereocenters. The summed E-state index contributed by atoms with van der Waals surface area (Å²) in [7, 11) is 0. The van der Waals surface area contributed by atoms with Crippen LogP contribution in [0.1, 0.15) is 16.8 Å². The largest absolute Gasteiger partial charge is 0.374 e. The molecule has 1 aromatic carbocycles. The van der Waals surface area contributed by atoms with Crippen molar-refractivity contribution in [2.45, 2.75) is 10.8 Å². The normalized spacial score (nSPS) is 13.5. The zero-order chi connectivity index (χ0) is 17.2. The van der Waals surface area contributed by atoms with Gasteiger partial charge in [0.1, 0.15) is 16.6 Å². The van der Waals surface area contributed by atoms with Gasteiger partial charge in [0.25, 0.3) is 0 Å². The molecule has 1 N–H and O–H groups in total. The van der Waals surface area contributed by atoms with E-state index in [1.165, 1.54) is 18.1 Å². The number of rotatable bonds is 4. The van der Waals surface area contributed by atoms with E-state index in [1.807, 2.05) is 24.5 Å². The van der Waals surface area contributed by atoms with E-state index >= 15 is 0 Å². The van der Waals surface area contributed by atoms with Crippen LogP contribution >= 0.6 is 35.0 Å². The second-order valence-corrected chi connectivity index (χ2v) is 6.32. The van der Waals surface area contributed by atoms with Crippen molar-refractivity contribution in [3.05, 3.63) is 76.0 Å². The summed E-state index contributed by atoms with van der Waals surface area (Å²) in [5.41, 5.74) is -0.629. The first-order chi connectivity index (χ1) is 11.6. The molecule has 0 spiro atoms. The average molecular weight is 379 g/mol. The van der Waals surface area contributed by atoms with Crippen LogP contribution in [-0.2, 0) is 5.60 Å². The number of halogens is 2. The zero-order valence-electron chi connectivity index (χ0n) is 12.5. The molecule has 0 aliphatic heterocycles. The number of hydrogen-bond acceptors (Lipinski definition) is 6. The van der Waals surface area contributed by atoms with E-state index in [9.17, 15) is 5.11 Å². The predicted octanol–water partition coefficient (Wildman–Crippen LogP) is 3.58. The van der Waals surface area contributed by atoms with Crippen molar-refractivity contribution >= 4 is 35.0 Å². The van der Waals surface area contributed by atoms with E-state index < -0.39 is 5.60 Å². The molecule has 24 heavy (non-hydrogen) atoms. The smallest absolute Gasteiger partial charge is 0.187 e. The summed E-state index contributed by atoms with van der Waals surface area (Å²) in [6.45, 7) is 0. The van der Waals surface area contributed by atoms with Crippen LogP contribution in [0.25, 0.3) is 0 Å². The van der Waals surface area contributed by atoms with Crippen LogP contribution in [0, 0.1) is 0 Å². The fourth-order valence-electron chi connectivity index (χ4n) is 2.38. The lowest BCUT2D eigenvalue weighted by molar-refractivity contribution is 0.119. The Balaban J connectivity index is 2.34. The Bertz CT molecular complexity index is 845. The van der Waals surface area contributed by atoms with E-state index in [-0.39, 0.29) is 15.9 Å². The zero-order valence-corrected chi connectivity index (χ0v) is 14.8. The SMILES string of the molecule is CSc1nccc(C(O)(c2ccccc2)c2c(Cl)ncnc2Cl)n1. The van der Waals surface area contributed by atoms with Gasteiger partial charge in [-0.15, -0.1) is 0 Å². The Morgan fingerprint density at radius 3 is 2.29 bits per heavy atom. The molecule has 5 nitrogen and oxygen atoms in total. The first kappa shape index (κ1) is 17.1. The highest BCUT2D eigenvalue weighted by atomic mass is 35.5.